The number of benzene rings is 3. The maximum absolute atomic E-state index is 13.4. The van der Waals surface area contributed by atoms with E-state index in [0.717, 1.165) is 12.1 Å². The second-order valence-corrected chi connectivity index (χ2v) is 6.93. The molecule has 1 amide bonds. The quantitative estimate of drug-likeness (QED) is 0.340. The minimum absolute atomic E-state index is 0.0785. The van der Waals surface area contributed by atoms with Crippen LogP contribution in [0.25, 0.3) is 11.6 Å². The highest BCUT2D eigenvalue weighted by molar-refractivity contribution is 6.34. The fraction of sp³-hybridized carbons (Fsp3) is 0.0455. The van der Waals surface area contributed by atoms with Crippen LogP contribution in [0.3, 0.4) is 0 Å². The smallest absolute Gasteiger partial charge is 0.321 e. The summed E-state index contributed by atoms with van der Waals surface area (Å²) in [6, 6.07) is 18.7. The third kappa shape index (κ3) is 5.19. The minimum atomic E-state index is -4.67. The van der Waals surface area contributed by atoms with E-state index < -0.39 is 17.6 Å². The molecule has 0 unspecified atom stereocenters. The number of carbonyl (C=O) groups is 1. The van der Waals surface area contributed by atoms with Crippen molar-refractivity contribution in [3.8, 4) is 0 Å². The SMILES string of the molecule is O=C(Nc1ccc(Cl)cc1C(F)(F)F)/C(=C/c1ccccc1Cl)c1ccccc1. The second-order valence-electron chi connectivity index (χ2n) is 6.09. The van der Waals surface area contributed by atoms with E-state index in [4.69, 9.17) is 23.2 Å². The van der Waals surface area contributed by atoms with Crippen LogP contribution in [-0.4, -0.2) is 5.91 Å². The zero-order valence-electron chi connectivity index (χ0n) is 14.8. The Balaban J connectivity index is 2.05. The molecule has 0 aliphatic heterocycles. The van der Waals surface area contributed by atoms with Crippen LogP contribution in [0.5, 0.6) is 0 Å². The Bertz CT molecular complexity index is 1060. The maximum Gasteiger partial charge on any atom is 0.418 e. The van der Waals surface area contributed by atoms with Gasteiger partial charge in [-0.05, 0) is 41.5 Å². The Hall–Kier alpha value is -2.76. The summed E-state index contributed by atoms with van der Waals surface area (Å²) in [5.41, 5.74) is -0.138. The molecule has 3 rings (SSSR count). The number of anilines is 1. The lowest BCUT2D eigenvalue weighted by molar-refractivity contribution is -0.136. The molecule has 0 saturated carbocycles. The van der Waals surface area contributed by atoms with Gasteiger partial charge in [0.05, 0.1) is 11.3 Å². The highest BCUT2D eigenvalue weighted by Crippen LogP contribution is 2.37. The molecule has 2 nitrogen and oxygen atoms in total. The van der Waals surface area contributed by atoms with Gasteiger partial charge in [-0.3, -0.25) is 4.79 Å². The molecular weight excluding hydrogens is 422 g/mol. The van der Waals surface area contributed by atoms with Gasteiger partial charge in [0, 0.05) is 15.6 Å². The predicted octanol–water partition coefficient (Wildman–Crippen LogP) is 7.19. The molecule has 3 aromatic carbocycles. The molecule has 0 saturated heterocycles. The van der Waals surface area contributed by atoms with Crippen molar-refractivity contribution < 1.29 is 18.0 Å². The summed E-state index contributed by atoms with van der Waals surface area (Å²) in [6.45, 7) is 0. The van der Waals surface area contributed by atoms with E-state index in [-0.39, 0.29) is 16.3 Å². The number of rotatable bonds is 4. The molecule has 0 fully saturated rings. The van der Waals surface area contributed by atoms with Crippen molar-refractivity contribution in [2.75, 3.05) is 5.32 Å². The van der Waals surface area contributed by atoms with Crippen LogP contribution in [0.1, 0.15) is 16.7 Å². The van der Waals surface area contributed by atoms with Gasteiger partial charge < -0.3 is 5.32 Å². The minimum Gasteiger partial charge on any atom is -0.321 e. The van der Waals surface area contributed by atoms with Gasteiger partial charge in [-0.25, -0.2) is 0 Å². The first-order valence-electron chi connectivity index (χ1n) is 8.45. The topological polar surface area (TPSA) is 29.1 Å². The maximum atomic E-state index is 13.4. The number of alkyl halides is 3. The summed E-state index contributed by atoms with van der Waals surface area (Å²) in [6.07, 6.45) is -3.14. The van der Waals surface area contributed by atoms with Crippen molar-refractivity contribution in [1.82, 2.24) is 0 Å². The first kappa shape index (κ1) is 21.0. The molecule has 1 N–H and O–H groups in total. The number of amides is 1. The van der Waals surface area contributed by atoms with Gasteiger partial charge in [-0.1, -0.05) is 71.7 Å². The van der Waals surface area contributed by atoms with Gasteiger partial charge in [-0.2, -0.15) is 13.2 Å². The van der Waals surface area contributed by atoms with Gasteiger partial charge in [-0.15, -0.1) is 0 Å². The van der Waals surface area contributed by atoms with Crippen molar-refractivity contribution >= 4 is 46.4 Å². The molecule has 0 spiro atoms. The zero-order chi connectivity index (χ0) is 21.0. The van der Waals surface area contributed by atoms with Crippen molar-refractivity contribution in [2.45, 2.75) is 6.18 Å². The van der Waals surface area contributed by atoms with Gasteiger partial charge >= 0.3 is 6.18 Å². The van der Waals surface area contributed by atoms with E-state index in [1.54, 1.807) is 54.6 Å². The lowest BCUT2D eigenvalue weighted by Gasteiger charge is -2.15. The van der Waals surface area contributed by atoms with Crippen LogP contribution >= 0.6 is 23.2 Å². The number of nitrogens with one attached hydrogen (secondary N) is 1. The predicted molar refractivity (Wildman–Crippen MR) is 111 cm³/mol. The average molecular weight is 436 g/mol. The van der Waals surface area contributed by atoms with Crippen LogP contribution in [0, 0.1) is 0 Å². The van der Waals surface area contributed by atoms with Gasteiger partial charge in [0.15, 0.2) is 0 Å². The Morgan fingerprint density at radius 2 is 1.55 bits per heavy atom. The Kier molecular flexibility index (Phi) is 6.30. The van der Waals surface area contributed by atoms with Crippen LogP contribution in [0.15, 0.2) is 72.8 Å². The third-order valence-electron chi connectivity index (χ3n) is 4.07. The number of hydrogen-bond donors (Lipinski definition) is 1. The van der Waals surface area contributed by atoms with E-state index >= 15 is 0 Å². The summed E-state index contributed by atoms with van der Waals surface area (Å²) < 4.78 is 40.1. The monoisotopic (exact) mass is 435 g/mol. The van der Waals surface area contributed by atoms with Crippen molar-refractivity contribution in [3.63, 3.8) is 0 Å². The Morgan fingerprint density at radius 1 is 0.897 bits per heavy atom. The standard InChI is InChI=1S/C22H14Cl2F3NO/c23-16-10-11-20(18(13-16)22(25,26)27)28-21(29)17(14-6-2-1-3-7-14)12-15-8-4-5-9-19(15)24/h1-13H,(H,28,29)/b17-12+. The molecule has 0 radical (unpaired) electrons. The van der Waals surface area contributed by atoms with Crippen molar-refractivity contribution in [1.29, 1.82) is 0 Å². The number of hydrogen-bond acceptors (Lipinski definition) is 1. The first-order valence-corrected chi connectivity index (χ1v) is 9.21. The molecule has 0 heterocycles. The van der Waals surface area contributed by atoms with Crippen molar-refractivity contribution in [2.24, 2.45) is 0 Å². The lowest BCUT2D eigenvalue weighted by Crippen LogP contribution is -2.17. The normalized spacial score (nSPS) is 12.0. The highest BCUT2D eigenvalue weighted by atomic mass is 35.5. The second kappa shape index (κ2) is 8.72. The first-order chi connectivity index (χ1) is 13.8. The summed E-state index contributed by atoms with van der Waals surface area (Å²) in [4.78, 5) is 13.0. The zero-order valence-corrected chi connectivity index (χ0v) is 16.3. The summed E-state index contributed by atoms with van der Waals surface area (Å²) >= 11 is 11.9. The summed E-state index contributed by atoms with van der Waals surface area (Å²) in [7, 11) is 0. The molecule has 29 heavy (non-hydrogen) atoms. The largest absolute Gasteiger partial charge is 0.418 e. The van der Waals surface area contributed by atoms with Crippen LogP contribution in [0.4, 0.5) is 18.9 Å². The highest BCUT2D eigenvalue weighted by Gasteiger charge is 2.34. The van der Waals surface area contributed by atoms with E-state index in [2.05, 4.69) is 5.32 Å². The molecule has 3 aromatic rings. The van der Waals surface area contributed by atoms with Crippen LogP contribution in [-0.2, 0) is 11.0 Å². The van der Waals surface area contributed by atoms with Gasteiger partial charge in [0.1, 0.15) is 0 Å². The van der Waals surface area contributed by atoms with E-state index in [0.29, 0.717) is 16.1 Å². The van der Waals surface area contributed by atoms with E-state index in [9.17, 15) is 18.0 Å². The molecule has 0 aromatic heterocycles. The van der Waals surface area contributed by atoms with E-state index in [1.165, 1.54) is 12.1 Å². The Labute approximate surface area is 175 Å². The number of halogens is 5. The third-order valence-corrected chi connectivity index (χ3v) is 4.65. The van der Waals surface area contributed by atoms with Crippen LogP contribution in [0.2, 0.25) is 10.0 Å². The Morgan fingerprint density at radius 3 is 2.21 bits per heavy atom. The molecule has 0 bridgehead atoms. The van der Waals surface area contributed by atoms with Gasteiger partial charge in [0.2, 0.25) is 0 Å². The molecule has 148 valence electrons. The number of carbonyl (C=O) groups excluding carboxylic acids is 1. The van der Waals surface area contributed by atoms with Crippen LogP contribution < -0.4 is 5.32 Å². The summed E-state index contributed by atoms with van der Waals surface area (Å²) in [5.74, 6) is -0.705. The molecule has 7 heteroatoms. The lowest BCUT2D eigenvalue weighted by atomic mass is 10.0. The molecular formula is C22H14Cl2F3NO. The fourth-order valence-corrected chi connectivity index (χ4v) is 3.06. The fourth-order valence-electron chi connectivity index (χ4n) is 2.69. The van der Waals surface area contributed by atoms with Crippen molar-refractivity contribution in [3.05, 3.63) is 99.5 Å². The van der Waals surface area contributed by atoms with E-state index in [1.807, 2.05) is 0 Å². The van der Waals surface area contributed by atoms with Gasteiger partial charge in [0.25, 0.3) is 5.91 Å². The molecule has 0 aliphatic carbocycles. The molecule has 0 atom stereocenters. The molecule has 0 aliphatic rings. The summed E-state index contributed by atoms with van der Waals surface area (Å²) in [5, 5.41) is 2.69. The average Bonchev–Trinajstić information content (AvgIpc) is 2.68.